The summed E-state index contributed by atoms with van der Waals surface area (Å²) in [5.74, 6) is 0.283. The monoisotopic (exact) mass is 234 g/mol. The number of hydrogen-bond donors (Lipinski definition) is 2. The molecule has 1 atom stereocenters. The minimum absolute atomic E-state index is 0.246. The fraction of sp³-hybridized carbons (Fsp3) is 0.571. The maximum absolute atomic E-state index is 9.48. The second-order valence-corrected chi connectivity index (χ2v) is 4.67. The van der Waals surface area contributed by atoms with Gasteiger partial charge in [-0.2, -0.15) is 0 Å². The van der Waals surface area contributed by atoms with E-state index in [4.69, 9.17) is 0 Å². The Hall–Kier alpha value is -0.900. The number of aliphatic hydroxyl groups is 1. The largest absolute Gasteiger partial charge is 0.396 e. The van der Waals surface area contributed by atoms with Gasteiger partial charge in [-0.1, -0.05) is 30.3 Å². The van der Waals surface area contributed by atoms with Gasteiger partial charge < -0.3 is 15.3 Å². The molecule has 1 heterocycles. The van der Waals surface area contributed by atoms with Gasteiger partial charge in [0.05, 0.1) is 0 Å². The van der Waals surface area contributed by atoms with E-state index in [1.54, 1.807) is 0 Å². The van der Waals surface area contributed by atoms with Gasteiger partial charge in [0.25, 0.3) is 0 Å². The molecule has 0 aromatic heterocycles. The van der Waals surface area contributed by atoms with Gasteiger partial charge >= 0.3 is 0 Å². The zero-order valence-corrected chi connectivity index (χ0v) is 10.3. The molecule has 1 fully saturated rings. The summed E-state index contributed by atoms with van der Waals surface area (Å²) in [5, 5.41) is 12.8. The smallest absolute Gasteiger partial charge is 0.0500 e. The summed E-state index contributed by atoms with van der Waals surface area (Å²) in [7, 11) is 0. The van der Waals surface area contributed by atoms with Crippen LogP contribution in [0.4, 0.5) is 0 Å². The average Bonchev–Trinajstić information content (AvgIpc) is 2.42. The van der Waals surface area contributed by atoms with Crippen LogP contribution < -0.4 is 5.32 Å². The molecular weight excluding hydrogens is 212 g/mol. The summed E-state index contributed by atoms with van der Waals surface area (Å²) in [4.78, 5) is 2.47. The molecular formula is C14H22N2O. The van der Waals surface area contributed by atoms with Gasteiger partial charge in [0.15, 0.2) is 0 Å². The second-order valence-electron chi connectivity index (χ2n) is 4.67. The number of nitrogens with one attached hydrogen (secondary N) is 1. The lowest BCUT2D eigenvalue weighted by atomic mass is 9.96. The Kier molecular flexibility index (Phi) is 4.98. The zero-order valence-electron chi connectivity index (χ0n) is 10.3. The maximum atomic E-state index is 9.48. The molecule has 3 nitrogen and oxygen atoms in total. The van der Waals surface area contributed by atoms with Crippen molar-refractivity contribution in [2.24, 2.45) is 0 Å². The van der Waals surface area contributed by atoms with Gasteiger partial charge in [0, 0.05) is 38.7 Å². The third-order valence-corrected chi connectivity index (χ3v) is 3.49. The molecule has 0 spiro atoms. The molecule has 1 unspecified atom stereocenters. The number of hydrogen-bond acceptors (Lipinski definition) is 3. The van der Waals surface area contributed by atoms with Crippen LogP contribution in [0.25, 0.3) is 0 Å². The van der Waals surface area contributed by atoms with E-state index in [9.17, 15) is 5.11 Å². The molecule has 2 rings (SSSR count). The standard InChI is InChI=1S/C14H22N2O/c17-12-14(13-4-2-1-3-5-13)6-9-16-10-7-15-8-11-16/h1-5,14-15,17H,6-12H2. The van der Waals surface area contributed by atoms with E-state index < -0.39 is 0 Å². The molecule has 3 heteroatoms. The quantitative estimate of drug-likeness (QED) is 0.799. The van der Waals surface area contributed by atoms with Crippen molar-refractivity contribution in [2.45, 2.75) is 12.3 Å². The van der Waals surface area contributed by atoms with Crippen LogP contribution in [-0.4, -0.2) is 49.3 Å². The molecule has 1 saturated heterocycles. The van der Waals surface area contributed by atoms with Crippen LogP contribution in [-0.2, 0) is 0 Å². The average molecular weight is 234 g/mol. The summed E-state index contributed by atoms with van der Waals surface area (Å²) in [5.41, 5.74) is 1.25. The first-order valence-electron chi connectivity index (χ1n) is 6.49. The Bertz CT molecular complexity index is 309. The fourth-order valence-electron chi connectivity index (χ4n) is 2.36. The Morgan fingerprint density at radius 3 is 2.53 bits per heavy atom. The van der Waals surface area contributed by atoms with Gasteiger partial charge in [0.2, 0.25) is 0 Å². The molecule has 94 valence electrons. The zero-order chi connectivity index (χ0) is 11.9. The molecule has 0 bridgehead atoms. The van der Waals surface area contributed by atoms with Crippen LogP contribution in [0.2, 0.25) is 0 Å². The molecule has 17 heavy (non-hydrogen) atoms. The molecule has 0 amide bonds. The molecule has 1 aliphatic heterocycles. The number of benzene rings is 1. The number of nitrogens with zero attached hydrogens (tertiary/aromatic N) is 1. The van der Waals surface area contributed by atoms with E-state index in [-0.39, 0.29) is 12.5 Å². The van der Waals surface area contributed by atoms with Gasteiger partial charge in [-0.15, -0.1) is 0 Å². The van der Waals surface area contributed by atoms with Crippen LogP contribution in [0, 0.1) is 0 Å². The van der Waals surface area contributed by atoms with E-state index in [0.29, 0.717) is 0 Å². The van der Waals surface area contributed by atoms with E-state index >= 15 is 0 Å². The van der Waals surface area contributed by atoms with Crippen molar-refractivity contribution in [2.75, 3.05) is 39.3 Å². The van der Waals surface area contributed by atoms with Crippen LogP contribution in [0.3, 0.4) is 0 Å². The Balaban J connectivity index is 1.83. The predicted octanol–water partition coefficient (Wildman–Crippen LogP) is 1.06. The predicted molar refractivity (Wildman–Crippen MR) is 70.2 cm³/mol. The summed E-state index contributed by atoms with van der Waals surface area (Å²) >= 11 is 0. The number of piperazine rings is 1. The normalized spacial score (nSPS) is 19.1. The Labute approximate surface area is 103 Å². The Morgan fingerprint density at radius 1 is 1.18 bits per heavy atom. The molecule has 1 aromatic rings. The van der Waals surface area contributed by atoms with E-state index in [2.05, 4.69) is 22.3 Å². The Morgan fingerprint density at radius 2 is 1.88 bits per heavy atom. The fourth-order valence-corrected chi connectivity index (χ4v) is 2.36. The second kappa shape index (κ2) is 6.74. The lowest BCUT2D eigenvalue weighted by Crippen LogP contribution is -2.44. The molecule has 0 radical (unpaired) electrons. The van der Waals surface area contributed by atoms with Crippen LogP contribution in [0.1, 0.15) is 17.9 Å². The first-order valence-corrected chi connectivity index (χ1v) is 6.49. The van der Waals surface area contributed by atoms with Crippen molar-refractivity contribution in [1.82, 2.24) is 10.2 Å². The summed E-state index contributed by atoms with van der Waals surface area (Å²) in [6, 6.07) is 10.3. The van der Waals surface area contributed by atoms with Crippen molar-refractivity contribution in [3.63, 3.8) is 0 Å². The van der Waals surface area contributed by atoms with E-state index in [1.807, 2.05) is 18.2 Å². The minimum atomic E-state index is 0.246. The first-order chi connectivity index (χ1) is 8.40. The third-order valence-electron chi connectivity index (χ3n) is 3.49. The third kappa shape index (κ3) is 3.80. The topological polar surface area (TPSA) is 35.5 Å². The highest BCUT2D eigenvalue weighted by molar-refractivity contribution is 5.19. The van der Waals surface area contributed by atoms with Crippen molar-refractivity contribution in [3.05, 3.63) is 35.9 Å². The van der Waals surface area contributed by atoms with Crippen LogP contribution >= 0.6 is 0 Å². The highest BCUT2D eigenvalue weighted by atomic mass is 16.3. The highest BCUT2D eigenvalue weighted by Gasteiger charge is 2.14. The number of rotatable bonds is 5. The van der Waals surface area contributed by atoms with Crippen LogP contribution in [0.5, 0.6) is 0 Å². The summed E-state index contributed by atoms with van der Waals surface area (Å²) in [6.07, 6.45) is 1.04. The van der Waals surface area contributed by atoms with Crippen molar-refractivity contribution < 1.29 is 5.11 Å². The molecule has 1 aromatic carbocycles. The first kappa shape index (κ1) is 12.6. The lowest BCUT2D eigenvalue weighted by molar-refractivity contribution is 0.208. The van der Waals surface area contributed by atoms with E-state index in [1.165, 1.54) is 5.56 Å². The molecule has 2 N–H and O–H groups in total. The number of aliphatic hydroxyl groups excluding tert-OH is 1. The van der Waals surface area contributed by atoms with Gasteiger partial charge in [-0.25, -0.2) is 0 Å². The van der Waals surface area contributed by atoms with Gasteiger partial charge in [-0.3, -0.25) is 0 Å². The SMILES string of the molecule is OCC(CCN1CCNCC1)c1ccccc1. The van der Waals surface area contributed by atoms with E-state index in [0.717, 1.165) is 39.1 Å². The summed E-state index contributed by atoms with van der Waals surface area (Å²) < 4.78 is 0. The van der Waals surface area contributed by atoms with Crippen molar-refractivity contribution >= 4 is 0 Å². The lowest BCUT2D eigenvalue weighted by Gasteiger charge is -2.28. The van der Waals surface area contributed by atoms with Crippen molar-refractivity contribution in [1.29, 1.82) is 0 Å². The maximum Gasteiger partial charge on any atom is 0.0500 e. The van der Waals surface area contributed by atoms with Crippen LogP contribution in [0.15, 0.2) is 30.3 Å². The molecule has 0 aliphatic carbocycles. The van der Waals surface area contributed by atoms with Gasteiger partial charge in [-0.05, 0) is 18.5 Å². The van der Waals surface area contributed by atoms with Crippen molar-refractivity contribution in [3.8, 4) is 0 Å². The molecule has 0 saturated carbocycles. The minimum Gasteiger partial charge on any atom is -0.396 e. The van der Waals surface area contributed by atoms with Gasteiger partial charge in [0.1, 0.15) is 0 Å². The highest BCUT2D eigenvalue weighted by Crippen LogP contribution is 2.19. The summed E-state index contributed by atoms with van der Waals surface area (Å²) in [6.45, 7) is 5.78. The molecule has 1 aliphatic rings.